The van der Waals surface area contributed by atoms with Crippen molar-refractivity contribution < 1.29 is 0 Å². The topological polar surface area (TPSA) is 3.24 Å². The van der Waals surface area contributed by atoms with Gasteiger partial charge in [-0.25, -0.2) is 0 Å². The zero-order valence-corrected chi connectivity index (χ0v) is 13.1. The lowest BCUT2D eigenvalue weighted by Gasteiger charge is -2.20. The Hall–Kier alpha value is -0.300. The van der Waals surface area contributed by atoms with Gasteiger partial charge in [0, 0.05) is 0 Å². The zero-order chi connectivity index (χ0) is 13.5. The Bertz CT molecular complexity index is 168. The molecule has 108 valence electrons. The highest BCUT2D eigenvalue weighted by molar-refractivity contribution is 4.79. The normalized spacial score (nSPS) is 11.8. The van der Waals surface area contributed by atoms with Gasteiger partial charge in [-0.2, -0.15) is 0 Å². The molecule has 0 bridgehead atoms. The van der Waals surface area contributed by atoms with Crippen LogP contribution < -0.4 is 0 Å². The summed E-state index contributed by atoms with van der Waals surface area (Å²) in [5.41, 5.74) is 0. The molecule has 0 saturated carbocycles. The molecule has 0 rings (SSSR count). The summed E-state index contributed by atoms with van der Waals surface area (Å²) in [7, 11) is 0. The van der Waals surface area contributed by atoms with Crippen LogP contribution in [-0.4, -0.2) is 24.5 Å². The first-order chi connectivity index (χ1) is 8.85. The summed E-state index contributed by atoms with van der Waals surface area (Å²) in [5, 5.41) is 0. The number of nitrogens with zero attached hydrogens (tertiary/aromatic N) is 1. The molecule has 1 heteroatoms. The first kappa shape index (κ1) is 17.7. The minimum absolute atomic E-state index is 1.19. The van der Waals surface area contributed by atoms with Gasteiger partial charge in [0.2, 0.25) is 0 Å². The maximum Gasteiger partial charge on any atom is -0.00187 e. The van der Waals surface area contributed by atoms with Crippen molar-refractivity contribution in [2.24, 2.45) is 0 Å². The van der Waals surface area contributed by atoms with Crippen molar-refractivity contribution >= 4 is 0 Å². The fourth-order valence-corrected chi connectivity index (χ4v) is 2.38. The molecule has 0 N–H and O–H groups in total. The molecular formula is C17H35N. The van der Waals surface area contributed by atoms with Gasteiger partial charge in [-0.05, 0) is 58.2 Å². The third-order valence-electron chi connectivity index (χ3n) is 3.33. The van der Waals surface area contributed by atoms with E-state index in [-0.39, 0.29) is 0 Å². The van der Waals surface area contributed by atoms with Gasteiger partial charge in [0.1, 0.15) is 0 Å². The molecule has 0 aliphatic rings. The van der Waals surface area contributed by atoms with Crippen LogP contribution in [0.1, 0.15) is 78.6 Å². The van der Waals surface area contributed by atoms with E-state index in [9.17, 15) is 0 Å². The molecule has 18 heavy (non-hydrogen) atoms. The summed E-state index contributed by atoms with van der Waals surface area (Å²) in [4.78, 5) is 2.63. The summed E-state index contributed by atoms with van der Waals surface area (Å²) in [5.74, 6) is 0. The molecule has 0 fully saturated rings. The predicted molar refractivity (Wildman–Crippen MR) is 84.2 cm³/mol. The molecular weight excluding hydrogens is 218 g/mol. The molecule has 0 aromatic carbocycles. The van der Waals surface area contributed by atoms with E-state index in [1.807, 2.05) is 0 Å². The second-order valence-corrected chi connectivity index (χ2v) is 5.28. The first-order valence-electron chi connectivity index (χ1n) is 8.22. The van der Waals surface area contributed by atoms with Crippen molar-refractivity contribution in [2.45, 2.75) is 78.6 Å². The van der Waals surface area contributed by atoms with Gasteiger partial charge < -0.3 is 4.90 Å². The average molecular weight is 253 g/mol. The van der Waals surface area contributed by atoms with Crippen LogP contribution in [0.4, 0.5) is 0 Å². The van der Waals surface area contributed by atoms with Crippen molar-refractivity contribution in [2.75, 3.05) is 19.6 Å². The quantitative estimate of drug-likeness (QED) is 0.313. The molecule has 0 heterocycles. The number of hydrogen-bond acceptors (Lipinski definition) is 1. The molecule has 1 nitrogen and oxygen atoms in total. The van der Waals surface area contributed by atoms with E-state index in [0.29, 0.717) is 0 Å². The Kier molecular flexibility index (Phi) is 14.5. The smallest absolute Gasteiger partial charge is 0.00187 e. The van der Waals surface area contributed by atoms with Gasteiger partial charge in [0.15, 0.2) is 0 Å². The van der Waals surface area contributed by atoms with E-state index in [2.05, 4.69) is 37.8 Å². The van der Waals surface area contributed by atoms with E-state index >= 15 is 0 Å². The summed E-state index contributed by atoms with van der Waals surface area (Å²) in [6.07, 6.45) is 16.7. The van der Waals surface area contributed by atoms with Crippen molar-refractivity contribution in [3.8, 4) is 0 Å². The molecule has 0 unspecified atom stereocenters. The van der Waals surface area contributed by atoms with Crippen LogP contribution in [0.15, 0.2) is 12.2 Å². The summed E-state index contributed by atoms with van der Waals surface area (Å²) < 4.78 is 0. The Morgan fingerprint density at radius 3 is 1.89 bits per heavy atom. The molecule has 0 atom stereocenters. The molecule has 0 spiro atoms. The van der Waals surface area contributed by atoms with Crippen molar-refractivity contribution in [3.63, 3.8) is 0 Å². The fraction of sp³-hybridized carbons (Fsp3) is 0.882. The van der Waals surface area contributed by atoms with E-state index < -0.39 is 0 Å². The monoisotopic (exact) mass is 253 g/mol. The standard InChI is InChI=1S/C17H35N/c1-4-7-8-9-10-11-12-13-14-17-18(15-5-2)16-6-3/h7-8H,4-6,9-17H2,1-3H3/b8-7+. The Morgan fingerprint density at radius 1 is 0.667 bits per heavy atom. The number of rotatable bonds is 13. The summed E-state index contributed by atoms with van der Waals surface area (Å²) >= 11 is 0. The molecule has 0 saturated heterocycles. The number of hydrogen-bond donors (Lipinski definition) is 0. The maximum absolute atomic E-state index is 2.63. The van der Waals surface area contributed by atoms with E-state index in [1.54, 1.807) is 0 Å². The predicted octanol–water partition coefficient (Wildman–Crippen LogP) is 5.42. The number of allylic oxidation sites excluding steroid dienone is 2. The molecule has 0 aliphatic carbocycles. The maximum atomic E-state index is 2.63. The minimum atomic E-state index is 1.19. The van der Waals surface area contributed by atoms with E-state index in [4.69, 9.17) is 0 Å². The zero-order valence-electron chi connectivity index (χ0n) is 13.1. The van der Waals surface area contributed by atoms with Crippen LogP contribution >= 0.6 is 0 Å². The average Bonchev–Trinajstić information content (AvgIpc) is 2.37. The highest BCUT2D eigenvalue weighted by atomic mass is 15.1. The van der Waals surface area contributed by atoms with Gasteiger partial charge in [0.25, 0.3) is 0 Å². The van der Waals surface area contributed by atoms with Gasteiger partial charge in [0.05, 0.1) is 0 Å². The molecule has 0 aromatic heterocycles. The minimum Gasteiger partial charge on any atom is -0.303 e. The van der Waals surface area contributed by atoms with Crippen molar-refractivity contribution in [1.82, 2.24) is 4.90 Å². The Morgan fingerprint density at radius 2 is 1.28 bits per heavy atom. The second-order valence-electron chi connectivity index (χ2n) is 5.28. The van der Waals surface area contributed by atoms with Crippen LogP contribution in [0.3, 0.4) is 0 Å². The molecule has 0 radical (unpaired) electrons. The highest BCUT2D eigenvalue weighted by Crippen LogP contribution is 2.07. The molecule has 0 amide bonds. The first-order valence-corrected chi connectivity index (χ1v) is 8.22. The van der Waals surface area contributed by atoms with Gasteiger partial charge in [-0.15, -0.1) is 0 Å². The lowest BCUT2D eigenvalue weighted by molar-refractivity contribution is 0.268. The van der Waals surface area contributed by atoms with Crippen LogP contribution in [0.5, 0.6) is 0 Å². The van der Waals surface area contributed by atoms with Crippen LogP contribution in [0.25, 0.3) is 0 Å². The lowest BCUT2D eigenvalue weighted by Crippen LogP contribution is -2.26. The van der Waals surface area contributed by atoms with Crippen molar-refractivity contribution in [3.05, 3.63) is 12.2 Å². The fourth-order valence-electron chi connectivity index (χ4n) is 2.38. The molecule has 0 aromatic rings. The SMILES string of the molecule is CC/C=C/CCCCCCCN(CCC)CCC. The number of unbranched alkanes of at least 4 members (excludes halogenated alkanes) is 5. The third kappa shape index (κ3) is 12.2. The van der Waals surface area contributed by atoms with Crippen LogP contribution in [-0.2, 0) is 0 Å². The van der Waals surface area contributed by atoms with E-state index in [0.717, 1.165) is 0 Å². The second kappa shape index (κ2) is 14.8. The van der Waals surface area contributed by atoms with Gasteiger partial charge in [-0.3, -0.25) is 0 Å². The van der Waals surface area contributed by atoms with Gasteiger partial charge >= 0.3 is 0 Å². The van der Waals surface area contributed by atoms with Crippen LogP contribution in [0, 0.1) is 0 Å². The molecule has 0 aliphatic heterocycles. The third-order valence-corrected chi connectivity index (χ3v) is 3.33. The Labute approximate surface area is 116 Å². The Balaban J connectivity index is 3.29. The van der Waals surface area contributed by atoms with Gasteiger partial charge in [-0.1, -0.05) is 52.2 Å². The summed E-state index contributed by atoms with van der Waals surface area (Å²) in [6.45, 7) is 10.7. The van der Waals surface area contributed by atoms with Crippen molar-refractivity contribution in [1.29, 1.82) is 0 Å². The van der Waals surface area contributed by atoms with Crippen LogP contribution in [0.2, 0.25) is 0 Å². The lowest BCUT2D eigenvalue weighted by atomic mass is 10.1. The highest BCUT2D eigenvalue weighted by Gasteiger charge is 2.01. The van der Waals surface area contributed by atoms with E-state index in [1.165, 1.54) is 77.4 Å². The summed E-state index contributed by atoms with van der Waals surface area (Å²) in [6, 6.07) is 0. The largest absolute Gasteiger partial charge is 0.303 e.